The highest BCUT2D eigenvalue weighted by atomic mass is 16.6. The molecule has 102 valence electrons. The standard InChI is InChI=1S/C15H15N3O2/c16-12-9-14(11-6-2-1-5-10(11)12)17-13-7-3-4-8-15(13)18(19)20/h1-8,12,14,17H,9,16H2. The van der Waals surface area contributed by atoms with Gasteiger partial charge in [-0.15, -0.1) is 0 Å². The summed E-state index contributed by atoms with van der Waals surface area (Å²) in [5.41, 5.74) is 8.97. The predicted molar refractivity (Wildman–Crippen MR) is 77.4 cm³/mol. The first-order chi connectivity index (χ1) is 9.66. The van der Waals surface area contributed by atoms with E-state index in [2.05, 4.69) is 5.32 Å². The normalized spacial score (nSPS) is 20.4. The van der Waals surface area contributed by atoms with E-state index in [1.54, 1.807) is 18.2 Å². The summed E-state index contributed by atoms with van der Waals surface area (Å²) in [6.45, 7) is 0. The molecule has 0 saturated carbocycles. The number of hydrogen-bond acceptors (Lipinski definition) is 4. The minimum absolute atomic E-state index is 0.0160. The van der Waals surface area contributed by atoms with E-state index in [1.807, 2.05) is 24.3 Å². The van der Waals surface area contributed by atoms with Gasteiger partial charge in [0, 0.05) is 12.1 Å². The molecule has 1 aliphatic rings. The fourth-order valence-electron chi connectivity index (χ4n) is 2.75. The number of nitro groups is 1. The summed E-state index contributed by atoms with van der Waals surface area (Å²) in [4.78, 5) is 10.7. The summed E-state index contributed by atoms with van der Waals surface area (Å²) in [6.07, 6.45) is 0.741. The van der Waals surface area contributed by atoms with E-state index in [0.717, 1.165) is 17.5 Å². The Morgan fingerprint density at radius 1 is 1.10 bits per heavy atom. The summed E-state index contributed by atoms with van der Waals surface area (Å²) in [6, 6.07) is 14.6. The van der Waals surface area contributed by atoms with Gasteiger partial charge in [-0.25, -0.2) is 0 Å². The number of fused-ring (bicyclic) bond motifs is 1. The summed E-state index contributed by atoms with van der Waals surface area (Å²) in [7, 11) is 0. The number of hydrogen-bond donors (Lipinski definition) is 2. The number of rotatable bonds is 3. The van der Waals surface area contributed by atoms with Crippen molar-refractivity contribution < 1.29 is 4.92 Å². The highest BCUT2D eigenvalue weighted by Crippen LogP contribution is 2.40. The van der Waals surface area contributed by atoms with Crippen LogP contribution in [0.25, 0.3) is 0 Å². The summed E-state index contributed by atoms with van der Waals surface area (Å²) >= 11 is 0. The molecule has 0 amide bonds. The molecule has 0 bridgehead atoms. The Labute approximate surface area is 116 Å². The van der Waals surface area contributed by atoms with Gasteiger partial charge in [-0.2, -0.15) is 0 Å². The molecule has 1 aliphatic carbocycles. The third-order valence-electron chi connectivity index (χ3n) is 3.69. The third kappa shape index (κ3) is 2.12. The van der Waals surface area contributed by atoms with E-state index in [9.17, 15) is 10.1 Å². The van der Waals surface area contributed by atoms with Crippen molar-refractivity contribution in [1.82, 2.24) is 0 Å². The van der Waals surface area contributed by atoms with E-state index in [1.165, 1.54) is 6.07 Å². The van der Waals surface area contributed by atoms with Gasteiger partial charge in [0.2, 0.25) is 0 Å². The fraction of sp³-hybridized carbons (Fsp3) is 0.200. The van der Waals surface area contributed by atoms with Crippen LogP contribution < -0.4 is 11.1 Å². The van der Waals surface area contributed by atoms with E-state index in [-0.39, 0.29) is 22.7 Å². The van der Waals surface area contributed by atoms with Crippen LogP contribution in [0.4, 0.5) is 11.4 Å². The van der Waals surface area contributed by atoms with Gasteiger partial charge in [-0.05, 0) is 23.6 Å². The van der Waals surface area contributed by atoms with Crippen molar-refractivity contribution in [2.24, 2.45) is 5.73 Å². The molecular formula is C15H15N3O2. The van der Waals surface area contributed by atoms with Crippen LogP contribution in [0.3, 0.4) is 0 Å². The quantitative estimate of drug-likeness (QED) is 0.662. The summed E-state index contributed by atoms with van der Waals surface area (Å²) < 4.78 is 0. The maximum Gasteiger partial charge on any atom is 0.292 e. The third-order valence-corrected chi connectivity index (χ3v) is 3.69. The van der Waals surface area contributed by atoms with Gasteiger partial charge in [0.05, 0.1) is 11.0 Å². The molecule has 20 heavy (non-hydrogen) atoms. The van der Waals surface area contributed by atoms with Gasteiger partial charge in [-0.3, -0.25) is 10.1 Å². The maximum atomic E-state index is 11.0. The van der Waals surface area contributed by atoms with Crippen molar-refractivity contribution in [2.45, 2.75) is 18.5 Å². The molecule has 2 atom stereocenters. The number of benzene rings is 2. The van der Waals surface area contributed by atoms with Gasteiger partial charge in [0.25, 0.3) is 5.69 Å². The molecule has 2 unspecified atom stereocenters. The molecule has 5 heteroatoms. The molecule has 2 aromatic rings. The van der Waals surface area contributed by atoms with Crippen molar-refractivity contribution in [2.75, 3.05) is 5.32 Å². The van der Waals surface area contributed by atoms with Gasteiger partial charge in [0.15, 0.2) is 0 Å². The lowest BCUT2D eigenvalue weighted by molar-refractivity contribution is -0.384. The van der Waals surface area contributed by atoms with Crippen molar-refractivity contribution >= 4 is 11.4 Å². The van der Waals surface area contributed by atoms with Crippen LogP contribution in [0.15, 0.2) is 48.5 Å². The Kier molecular flexibility index (Phi) is 3.12. The van der Waals surface area contributed by atoms with E-state index in [0.29, 0.717) is 5.69 Å². The second kappa shape index (κ2) is 4.94. The number of nitrogens with zero attached hydrogens (tertiary/aromatic N) is 1. The molecule has 3 rings (SSSR count). The summed E-state index contributed by atoms with van der Waals surface area (Å²) in [5, 5.41) is 14.3. The molecular weight excluding hydrogens is 254 g/mol. The van der Waals surface area contributed by atoms with E-state index >= 15 is 0 Å². The lowest BCUT2D eigenvalue weighted by Gasteiger charge is -2.15. The molecule has 2 aromatic carbocycles. The highest BCUT2D eigenvalue weighted by Gasteiger charge is 2.29. The second-order valence-corrected chi connectivity index (χ2v) is 4.94. The minimum Gasteiger partial charge on any atom is -0.373 e. The van der Waals surface area contributed by atoms with Crippen LogP contribution in [0.5, 0.6) is 0 Å². The largest absolute Gasteiger partial charge is 0.373 e. The van der Waals surface area contributed by atoms with Gasteiger partial charge in [0.1, 0.15) is 5.69 Å². The first-order valence-corrected chi connectivity index (χ1v) is 6.51. The van der Waals surface area contributed by atoms with Gasteiger partial charge in [-0.1, -0.05) is 36.4 Å². The van der Waals surface area contributed by atoms with Crippen LogP contribution in [0.2, 0.25) is 0 Å². The zero-order valence-electron chi connectivity index (χ0n) is 10.8. The van der Waals surface area contributed by atoms with E-state index < -0.39 is 0 Å². The number of nitrogens with two attached hydrogens (primary N) is 1. The Balaban J connectivity index is 1.92. The fourth-order valence-corrected chi connectivity index (χ4v) is 2.75. The second-order valence-electron chi connectivity index (χ2n) is 4.94. The van der Waals surface area contributed by atoms with Crippen molar-refractivity contribution in [3.8, 4) is 0 Å². The predicted octanol–water partition coefficient (Wildman–Crippen LogP) is 3.15. The molecule has 0 aromatic heterocycles. The average molecular weight is 269 g/mol. The van der Waals surface area contributed by atoms with E-state index in [4.69, 9.17) is 5.73 Å². The number of anilines is 1. The zero-order valence-corrected chi connectivity index (χ0v) is 10.8. The van der Waals surface area contributed by atoms with Crippen LogP contribution >= 0.6 is 0 Å². The number of nitrogens with one attached hydrogen (secondary N) is 1. The van der Waals surface area contributed by atoms with Crippen molar-refractivity contribution in [1.29, 1.82) is 0 Å². The maximum absolute atomic E-state index is 11.0. The molecule has 0 saturated heterocycles. The SMILES string of the molecule is NC1CC(Nc2ccccc2[N+](=O)[O-])c2ccccc21. The van der Waals surface area contributed by atoms with Crippen LogP contribution in [-0.2, 0) is 0 Å². The van der Waals surface area contributed by atoms with Crippen LogP contribution in [0.1, 0.15) is 29.6 Å². The lowest BCUT2D eigenvalue weighted by atomic mass is 10.1. The van der Waals surface area contributed by atoms with Crippen molar-refractivity contribution in [3.63, 3.8) is 0 Å². The minimum atomic E-state index is -0.372. The zero-order chi connectivity index (χ0) is 14.1. The molecule has 0 radical (unpaired) electrons. The Morgan fingerprint density at radius 2 is 1.75 bits per heavy atom. The molecule has 0 aliphatic heterocycles. The number of nitro benzene ring substituents is 1. The lowest BCUT2D eigenvalue weighted by Crippen LogP contribution is -2.11. The van der Waals surface area contributed by atoms with Crippen molar-refractivity contribution in [3.05, 3.63) is 69.8 Å². The first kappa shape index (κ1) is 12.6. The highest BCUT2D eigenvalue weighted by molar-refractivity contribution is 5.62. The molecule has 0 fully saturated rings. The Bertz CT molecular complexity index is 657. The molecule has 0 spiro atoms. The van der Waals surface area contributed by atoms with Crippen LogP contribution in [-0.4, -0.2) is 4.92 Å². The van der Waals surface area contributed by atoms with Crippen LogP contribution in [0, 0.1) is 10.1 Å². The Morgan fingerprint density at radius 3 is 2.50 bits per heavy atom. The molecule has 0 heterocycles. The Hall–Kier alpha value is -2.40. The number of para-hydroxylation sites is 2. The smallest absolute Gasteiger partial charge is 0.292 e. The molecule has 5 nitrogen and oxygen atoms in total. The van der Waals surface area contributed by atoms with Gasteiger partial charge < -0.3 is 11.1 Å². The first-order valence-electron chi connectivity index (χ1n) is 6.51. The topological polar surface area (TPSA) is 81.2 Å². The monoisotopic (exact) mass is 269 g/mol. The molecule has 3 N–H and O–H groups in total. The average Bonchev–Trinajstić information content (AvgIpc) is 2.76. The van der Waals surface area contributed by atoms with Gasteiger partial charge >= 0.3 is 0 Å². The summed E-state index contributed by atoms with van der Waals surface area (Å²) in [5.74, 6) is 0.